The second-order valence-corrected chi connectivity index (χ2v) is 5.16. The van der Waals surface area contributed by atoms with Crippen LogP contribution < -0.4 is 0 Å². The van der Waals surface area contributed by atoms with Crippen molar-refractivity contribution in [2.45, 2.75) is 18.9 Å². The molecule has 1 saturated heterocycles. The van der Waals surface area contributed by atoms with Gasteiger partial charge in [-0.05, 0) is 50.2 Å². The van der Waals surface area contributed by atoms with E-state index in [1.54, 1.807) is 0 Å². The molecule has 2 heterocycles. The first-order valence-electron chi connectivity index (χ1n) is 6.58. The molecule has 0 N–H and O–H groups in total. The molecule has 0 amide bonds. The van der Waals surface area contributed by atoms with Crippen molar-refractivity contribution in [2.75, 3.05) is 13.6 Å². The third kappa shape index (κ3) is 4.34. The van der Waals surface area contributed by atoms with Gasteiger partial charge in [0.2, 0.25) is 0 Å². The number of likely N-dealkylation sites (tertiary alicyclic amines) is 1. The molecule has 0 spiro atoms. The number of rotatable bonds is 1. The third-order valence-corrected chi connectivity index (χ3v) is 3.57. The Balaban J connectivity index is 0.000000163. The van der Waals surface area contributed by atoms with Gasteiger partial charge >= 0.3 is 0 Å². The maximum atomic E-state index is 5.54. The van der Waals surface area contributed by atoms with Crippen LogP contribution in [0.5, 0.6) is 0 Å². The van der Waals surface area contributed by atoms with Crippen molar-refractivity contribution in [1.82, 2.24) is 9.88 Å². The van der Waals surface area contributed by atoms with Crippen LogP contribution in [0, 0.1) is 0 Å². The molecular weight excluding hydrogens is 256 g/mol. The average molecular weight is 275 g/mol. The van der Waals surface area contributed by atoms with Crippen molar-refractivity contribution >= 4 is 11.6 Å². The first kappa shape index (κ1) is 14.0. The van der Waals surface area contributed by atoms with Crippen LogP contribution in [-0.4, -0.2) is 23.5 Å². The quantitative estimate of drug-likeness (QED) is 0.775. The van der Waals surface area contributed by atoms with E-state index in [1.165, 1.54) is 24.9 Å². The minimum absolute atomic E-state index is 0.610. The largest absolute Gasteiger partial charge is 0.299 e. The maximum Gasteiger partial charge on any atom is 0.0405 e. The molecule has 0 aliphatic carbocycles. The summed E-state index contributed by atoms with van der Waals surface area (Å²) in [7, 11) is 2.19. The van der Waals surface area contributed by atoms with E-state index < -0.39 is 0 Å². The number of pyridine rings is 1. The predicted octanol–water partition coefficient (Wildman–Crippen LogP) is 4.19. The lowest BCUT2D eigenvalue weighted by molar-refractivity contribution is 0.317. The first-order chi connectivity index (χ1) is 9.27. The molecule has 1 aliphatic heterocycles. The molecule has 1 aliphatic rings. The van der Waals surface area contributed by atoms with Crippen LogP contribution in [-0.2, 0) is 0 Å². The van der Waals surface area contributed by atoms with Gasteiger partial charge in [-0.2, -0.15) is 0 Å². The van der Waals surface area contributed by atoms with Gasteiger partial charge in [0.05, 0.1) is 0 Å². The van der Waals surface area contributed by atoms with Crippen molar-refractivity contribution < 1.29 is 0 Å². The molecular formula is C16H19ClN2. The molecule has 2 nitrogen and oxygen atoms in total. The van der Waals surface area contributed by atoms with E-state index in [2.05, 4.69) is 23.0 Å². The summed E-state index contributed by atoms with van der Waals surface area (Å²) in [4.78, 5) is 6.54. The SMILES string of the molecule is CN1CCCC1c1cccnc1.Clc1ccccc1. The monoisotopic (exact) mass is 274 g/mol. The first-order valence-corrected chi connectivity index (χ1v) is 6.96. The van der Waals surface area contributed by atoms with Crippen LogP contribution in [0.4, 0.5) is 0 Å². The molecule has 100 valence electrons. The fourth-order valence-corrected chi connectivity index (χ4v) is 2.46. The fraction of sp³-hybridized carbons (Fsp3) is 0.312. The second-order valence-electron chi connectivity index (χ2n) is 4.72. The normalized spacial score (nSPS) is 18.7. The Kier molecular flexibility index (Phi) is 5.37. The fourth-order valence-electron chi connectivity index (χ4n) is 2.32. The molecule has 3 rings (SSSR count). The summed E-state index contributed by atoms with van der Waals surface area (Å²) in [5.41, 5.74) is 1.36. The van der Waals surface area contributed by atoms with Gasteiger partial charge in [-0.15, -0.1) is 0 Å². The van der Waals surface area contributed by atoms with Crippen molar-refractivity contribution in [3.8, 4) is 0 Å². The van der Waals surface area contributed by atoms with Gasteiger partial charge in [-0.3, -0.25) is 9.88 Å². The minimum Gasteiger partial charge on any atom is -0.299 e. The van der Waals surface area contributed by atoms with E-state index in [4.69, 9.17) is 11.6 Å². The van der Waals surface area contributed by atoms with Gasteiger partial charge in [0, 0.05) is 23.5 Å². The Morgan fingerprint density at radius 3 is 2.42 bits per heavy atom. The summed E-state index contributed by atoms with van der Waals surface area (Å²) in [6.07, 6.45) is 6.41. The maximum absolute atomic E-state index is 5.54. The molecule has 2 aromatic rings. The molecule has 1 unspecified atom stereocenters. The number of nitrogens with zero attached hydrogens (tertiary/aromatic N) is 2. The number of aromatic nitrogens is 1. The molecule has 1 aromatic carbocycles. The molecule has 1 fully saturated rings. The van der Waals surface area contributed by atoms with Gasteiger partial charge in [0.15, 0.2) is 0 Å². The predicted molar refractivity (Wildman–Crippen MR) is 80.3 cm³/mol. The number of benzene rings is 1. The average Bonchev–Trinajstić information content (AvgIpc) is 2.88. The summed E-state index contributed by atoms with van der Waals surface area (Å²) in [6, 6.07) is 14.2. The zero-order valence-electron chi connectivity index (χ0n) is 11.2. The highest BCUT2D eigenvalue weighted by molar-refractivity contribution is 6.30. The van der Waals surface area contributed by atoms with Crippen LogP contribution in [0.15, 0.2) is 54.9 Å². The van der Waals surface area contributed by atoms with Gasteiger partial charge in [0.25, 0.3) is 0 Å². The molecule has 0 radical (unpaired) electrons. The number of halogens is 1. The van der Waals surface area contributed by atoms with E-state index in [0.717, 1.165) is 5.02 Å². The second kappa shape index (κ2) is 7.27. The Bertz CT molecular complexity index is 473. The zero-order valence-corrected chi connectivity index (χ0v) is 11.9. The summed E-state index contributed by atoms with van der Waals surface area (Å²) >= 11 is 5.54. The highest BCUT2D eigenvalue weighted by atomic mass is 35.5. The van der Waals surface area contributed by atoms with Crippen molar-refractivity contribution in [3.05, 3.63) is 65.4 Å². The van der Waals surface area contributed by atoms with E-state index in [9.17, 15) is 0 Å². The summed E-state index contributed by atoms with van der Waals surface area (Å²) in [6.45, 7) is 1.22. The van der Waals surface area contributed by atoms with Gasteiger partial charge in [-0.25, -0.2) is 0 Å². The van der Waals surface area contributed by atoms with Crippen LogP contribution in [0.25, 0.3) is 0 Å². The van der Waals surface area contributed by atoms with E-state index in [0.29, 0.717) is 6.04 Å². The molecule has 1 atom stereocenters. The van der Waals surface area contributed by atoms with E-state index in [1.807, 2.05) is 48.8 Å². The number of hydrogen-bond donors (Lipinski definition) is 0. The lowest BCUT2D eigenvalue weighted by Crippen LogP contribution is -2.17. The standard InChI is InChI=1S/C10H14N2.C6H5Cl/c1-12-7-3-5-10(12)9-4-2-6-11-8-9;7-6-4-2-1-3-5-6/h2,4,6,8,10H,3,5,7H2,1H3;1-5H. The Morgan fingerprint density at radius 1 is 1.16 bits per heavy atom. The van der Waals surface area contributed by atoms with Gasteiger partial charge in [0.1, 0.15) is 0 Å². The Morgan fingerprint density at radius 2 is 1.95 bits per heavy atom. The number of hydrogen-bond acceptors (Lipinski definition) is 2. The summed E-state index contributed by atoms with van der Waals surface area (Å²) < 4.78 is 0. The lowest BCUT2D eigenvalue weighted by Gasteiger charge is -2.18. The summed E-state index contributed by atoms with van der Waals surface area (Å²) in [5, 5.41) is 0.794. The van der Waals surface area contributed by atoms with Gasteiger partial charge in [-0.1, -0.05) is 35.9 Å². The highest BCUT2D eigenvalue weighted by Gasteiger charge is 2.21. The summed E-state index contributed by atoms with van der Waals surface area (Å²) in [5.74, 6) is 0. The van der Waals surface area contributed by atoms with E-state index in [-0.39, 0.29) is 0 Å². The van der Waals surface area contributed by atoms with Gasteiger partial charge < -0.3 is 0 Å². The zero-order chi connectivity index (χ0) is 13.5. The topological polar surface area (TPSA) is 16.1 Å². The Hall–Kier alpha value is -1.38. The van der Waals surface area contributed by atoms with E-state index >= 15 is 0 Å². The molecule has 0 saturated carbocycles. The van der Waals surface area contributed by atoms with Crippen LogP contribution in [0.1, 0.15) is 24.4 Å². The molecule has 0 bridgehead atoms. The minimum atomic E-state index is 0.610. The Labute approximate surface area is 120 Å². The third-order valence-electron chi connectivity index (χ3n) is 3.32. The lowest BCUT2D eigenvalue weighted by atomic mass is 10.1. The molecule has 3 heteroatoms. The van der Waals surface area contributed by atoms with Crippen molar-refractivity contribution in [3.63, 3.8) is 0 Å². The highest BCUT2D eigenvalue weighted by Crippen LogP contribution is 2.29. The van der Waals surface area contributed by atoms with Crippen molar-refractivity contribution in [2.24, 2.45) is 0 Å². The van der Waals surface area contributed by atoms with Crippen LogP contribution in [0.2, 0.25) is 5.02 Å². The van der Waals surface area contributed by atoms with Crippen LogP contribution in [0.3, 0.4) is 0 Å². The molecule has 1 aromatic heterocycles. The van der Waals surface area contributed by atoms with Crippen LogP contribution >= 0.6 is 11.6 Å². The smallest absolute Gasteiger partial charge is 0.0405 e. The van der Waals surface area contributed by atoms with Crippen molar-refractivity contribution in [1.29, 1.82) is 0 Å². The molecule has 19 heavy (non-hydrogen) atoms.